The minimum absolute atomic E-state index is 0.0164. The third-order valence-corrected chi connectivity index (χ3v) is 3.60. The Kier molecular flexibility index (Phi) is 5.45. The molecule has 2 aromatic rings. The number of alkyl halides is 3. The van der Waals surface area contributed by atoms with E-state index in [0.29, 0.717) is 10.7 Å². The number of carbonyl (C=O) groups is 1. The monoisotopic (exact) mass is 396 g/mol. The molecule has 2 amide bonds. The van der Waals surface area contributed by atoms with Crippen LogP contribution in [-0.2, 0) is 12.1 Å². The molecule has 0 saturated heterocycles. The number of aromatic nitrogens is 2. The molecule has 0 bridgehead atoms. The summed E-state index contributed by atoms with van der Waals surface area (Å²) in [6.07, 6.45) is -3.59. The second-order valence-corrected chi connectivity index (χ2v) is 6.37. The predicted octanol–water partition coefficient (Wildman–Crippen LogP) is 4.43. The van der Waals surface area contributed by atoms with Crippen molar-refractivity contribution in [2.45, 2.75) is 32.1 Å². The van der Waals surface area contributed by atoms with Crippen molar-refractivity contribution in [1.82, 2.24) is 15.1 Å². The van der Waals surface area contributed by atoms with E-state index in [2.05, 4.69) is 15.7 Å². The highest BCUT2D eigenvalue weighted by Gasteiger charge is 2.30. The predicted molar refractivity (Wildman–Crippen MR) is 84.8 cm³/mol. The molecule has 1 heterocycles. The van der Waals surface area contributed by atoms with Gasteiger partial charge in [0.2, 0.25) is 0 Å². The first-order chi connectivity index (χ1) is 11.9. The fourth-order valence-electron chi connectivity index (χ4n) is 2.23. The standard InChI is InChI=1S/C15H14ClF5N4O/c1-14(2,9-4-3-8(17)5-11(9)18)23-13(26)22-12-10(16)6-25(24-12)7-15(19,20)21/h3-6H,7H2,1-2H3,(H2,22,23,24,26). The normalized spacial score (nSPS) is 12.2. The Labute approximate surface area is 150 Å². The van der Waals surface area contributed by atoms with Crippen LogP contribution >= 0.6 is 11.6 Å². The molecule has 0 atom stereocenters. The number of hydrogen-bond donors (Lipinski definition) is 2. The molecular weight excluding hydrogens is 383 g/mol. The Balaban J connectivity index is 2.10. The average molecular weight is 397 g/mol. The van der Waals surface area contributed by atoms with Gasteiger partial charge in [-0.1, -0.05) is 17.7 Å². The summed E-state index contributed by atoms with van der Waals surface area (Å²) in [7, 11) is 0. The van der Waals surface area contributed by atoms with Crippen LogP contribution in [0.2, 0.25) is 5.02 Å². The van der Waals surface area contributed by atoms with Crippen LogP contribution in [0.3, 0.4) is 0 Å². The van der Waals surface area contributed by atoms with Gasteiger partial charge in [-0.05, 0) is 19.9 Å². The summed E-state index contributed by atoms with van der Waals surface area (Å²) < 4.78 is 64.5. The molecule has 11 heteroatoms. The van der Waals surface area contributed by atoms with Crippen molar-refractivity contribution in [1.29, 1.82) is 0 Å². The van der Waals surface area contributed by atoms with E-state index in [1.54, 1.807) is 0 Å². The fourth-order valence-corrected chi connectivity index (χ4v) is 2.43. The lowest BCUT2D eigenvalue weighted by Gasteiger charge is -2.27. The average Bonchev–Trinajstić information content (AvgIpc) is 2.74. The number of amides is 2. The number of carbonyl (C=O) groups excluding carboxylic acids is 1. The maximum absolute atomic E-state index is 13.9. The molecule has 26 heavy (non-hydrogen) atoms. The smallest absolute Gasteiger partial charge is 0.329 e. The molecule has 2 rings (SSSR count). The third kappa shape index (κ3) is 5.07. The quantitative estimate of drug-likeness (QED) is 0.751. The van der Waals surface area contributed by atoms with E-state index >= 15 is 0 Å². The van der Waals surface area contributed by atoms with Crippen molar-refractivity contribution < 1.29 is 26.7 Å². The second kappa shape index (κ2) is 7.10. The zero-order chi connectivity index (χ0) is 19.7. The fraction of sp³-hybridized carbons (Fsp3) is 0.333. The number of anilines is 1. The highest BCUT2D eigenvalue weighted by molar-refractivity contribution is 6.33. The van der Waals surface area contributed by atoms with E-state index in [4.69, 9.17) is 11.6 Å². The van der Waals surface area contributed by atoms with E-state index in [1.807, 2.05) is 0 Å². The SMILES string of the molecule is CC(C)(NC(=O)Nc1nn(CC(F)(F)F)cc1Cl)c1ccc(F)cc1F. The molecule has 1 aromatic carbocycles. The van der Waals surface area contributed by atoms with Gasteiger partial charge in [0.25, 0.3) is 0 Å². The zero-order valence-corrected chi connectivity index (χ0v) is 14.3. The Morgan fingerprint density at radius 1 is 1.27 bits per heavy atom. The largest absolute Gasteiger partial charge is 0.408 e. The molecule has 0 unspecified atom stereocenters. The van der Waals surface area contributed by atoms with Crippen LogP contribution < -0.4 is 10.6 Å². The van der Waals surface area contributed by atoms with Crippen molar-refractivity contribution >= 4 is 23.4 Å². The van der Waals surface area contributed by atoms with E-state index in [1.165, 1.54) is 19.9 Å². The Morgan fingerprint density at radius 3 is 2.50 bits per heavy atom. The summed E-state index contributed by atoms with van der Waals surface area (Å²) in [4.78, 5) is 12.1. The molecule has 0 saturated carbocycles. The summed E-state index contributed by atoms with van der Waals surface area (Å²) >= 11 is 5.75. The van der Waals surface area contributed by atoms with E-state index in [0.717, 1.165) is 12.3 Å². The Morgan fingerprint density at radius 2 is 1.92 bits per heavy atom. The summed E-state index contributed by atoms with van der Waals surface area (Å²) in [6.45, 7) is 1.56. The van der Waals surface area contributed by atoms with Gasteiger partial charge in [-0.2, -0.15) is 18.3 Å². The first kappa shape index (κ1) is 20.0. The minimum atomic E-state index is -4.50. The van der Waals surface area contributed by atoms with Gasteiger partial charge in [0.05, 0.1) is 5.54 Å². The Hall–Kier alpha value is -2.36. The van der Waals surface area contributed by atoms with Gasteiger partial charge in [-0.25, -0.2) is 13.6 Å². The zero-order valence-electron chi connectivity index (χ0n) is 13.6. The van der Waals surface area contributed by atoms with Crippen molar-refractivity contribution in [2.75, 3.05) is 5.32 Å². The number of hydrogen-bond acceptors (Lipinski definition) is 2. The van der Waals surface area contributed by atoms with Crippen molar-refractivity contribution in [3.63, 3.8) is 0 Å². The van der Waals surface area contributed by atoms with Crippen molar-refractivity contribution in [3.05, 3.63) is 46.6 Å². The van der Waals surface area contributed by atoms with Crippen LogP contribution in [0.1, 0.15) is 19.4 Å². The number of nitrogens with zero attached hydrogens (tertiary/aromatic N) is 2. The number of nitrogens with one attached hydrogen (secondary N) is 2. The van der Waals surface area contributed by atoms with Crippen LogP contribution in [0.15, 0.2) is 24.4 Å². The van der Waals surface area contributed by atoms with Gasteiger partial charge in [0.15, 0.2) is 5.82 Å². The topological polar surface area (TPSA) is 59.0 Å². The number of rotatable bonds is 4. The lowest BCUT2D eigenvalue weighted by atomic mass is 9.94. The molecule has 0 aliphatic carbocycles. The Bertz CT molecular complexity index is 819. The minimum Gasteiger partial charge on any atom is -0.329 e. The highest BCUT2D eigenvalue weighted by Crippen LogP contribution is 2.25. The van der Waals surface area contributed by atoms with Crippen molar-refractivity contribution in [2.24, 2.45) is 0 Å². The van der Waals surface area contributed by atoms with Crippen molar-refractivity contribution in [3.8, 4) is 0 Å². The highest BCUT2D eigenvalue weighted by atomic mass is 35.5. The van der Waals surface area contributed by atoms with Gasteiger partial charge in [-0.15, -0.1) is 0 Å². The molecule has 0 spiro atoms. The van der Waals surface area contributed by atoms with Crippen LogP contribution in [0.4, 0.5) is 32.6 Å². The van der Waals surface area contributed by atoms with Gasteiger partial charge >= 0.3 is 12.2 Å². The van der Waals surface area contributed by atoms with Crippen LogP contribution in [0, 0.1) is 11.6 Å². The first-order valence-electron chi connectivity index (χ1n) is 7.22. The lowest BCUT2D eigenvalue weighted by molar-refractivity contribution is -0.142. The maximum Gasteiger partial charge on any atom is 0.408 e. The van der Waals surface area contributed by atoms with Crippen LogP contribution in [0.5, 0.6) is 0 Å². The molecule has 142 valence electrons. The van der Waals surface area contributed by atoms with Crippen LogP contribution in [0.25, 0.3) is 0 Å². The molecular formula is C15H14ClF5N4O. The van der Waals surface area contributed by atoms with Crippen LogP contribution in [-0.4, -0.2) is 22.0 Å². The molecule has 0 aliphatic rings. The third-order valence-electron chi connectivity index (χ3n) is 3.32. The lowest BCUT2D eigenvalue weighted by Crippen LogP contribution is -2.44. The first-order valence-corrected chi connectivity index (χ1v) is 7.59. The van der Waals surface area contributed by atoms with E-state index in [-0.39, 0.29) is 16.4 Å². The van der Waals surface area contributed by atoms with E-state index in [9.17, 15) is 26.7 Å². The van der Waals surface area contributed by atoms with Gasteiger partial charge < -0.3 is 5.32 Å². The molecule has 0 fully saturated rings. The second-order valence-electron chi connectivity index (χ2n) is 5.97. The summed E-state index contributed by atoms with van der Waals surface area (Å²) in [5.41, 5.74) is -1.23. The summed E-state index contributed by atoms with van der Waals surface area (Å²) in [5, 5.41) is 7.96. The number of benzene rings is 1. The van der Waals surface area contributed by atoms with Gasteiger partial charge in [-0.3, -0.25) is 10.00 Å². The number of halogens is 6. The maximum atomic E-state index is 13.9. The van der Waals surface area contributed by atoms with E-state index < -0.39 is 35.9 Å². The van der Waals surface area contributed by atoms with Gasteiger partial charge in [0, 0.05) is 17.8 Å². The summed E-state index contributed by atoms with van der Waals surface area (Å²) in [6, 6.07) is 2.01. The molecule has 2 N–H and O–H groups in total. The number of urea groups is 1. The molecule has 5 nitrogen and oxygen atoms in total. The molecule has 1 aromatic heterocycles. The molecule has 0 aliphatic heterocycles. The summed E-state index contributed by atoms with van der Waals surface area (Å²) in [5.74, 6) is -1.92. The molecule has 0 radical (unpaired) electrons. The van der Waals surface area contributed by atoms with Gasteiger partial charge in [0.1, 0.15) is 23.2 Å².